The van der Waals surface area contributed by atoms with Crippen molar-refractivity contribution in [2.75, 3.05) is 26.0 Å². The minimum Gasteiger partial charge on any atom is -0.455 e. The minimum absolute atomic E-state index is 0.0527. The highest BCUT2D eigenvalue weighted by Crippen LogP contribution is 2.49. The van der Waals surface area contributed by atoms with Crippen molar-refractivity contribution in [2.45, 2.75) is 23.2 Å². The molecule has 0 saturated heterocycles. The first kappa shape index (κ1) is 21.3. The fourth-order valence-corrected chi connectivity index (χ4v) is 3.99. The Morgan fingerprint density at radius 3 is 2.38 bits per heavy atom. The van der Waals surface area contributed by atoms with Crippen molar-refractivity contribution >= 4 is 39.2 Å². The summed E-state index contributed by atoms with van der Waals surface area (Å²) in [6, 6.07) is 12.9. The molecule has 0 aromatic heterocycles. The van der Waals surface area contributed by atoms with Crippen molar-refractivity contribution in [3.05, 3.63) is 59.1 Å². The van der Waals surface area contributed by atoms with E-state index in [0.717, 1.165) is 9.87 Å². The van der Waals surface area contributed by atoms with Crippen LogP contribution in [0.3, 0.4) is 0 Å². The molecule has 29 heavy (non-hydrogen) atoms. The summed E-state index contributed by atoms with van der Waals surface area (Å²) in [5, 5.41) is 3.13. The van der Waals surface area contributed by atoms with Crippen molar-refractivity contribution in [1.82, 2.24) is 4.31 Å². The lowest BCUT2D eigenvalue weighted by Gasteiger charge is -2.15. The number of nitrogens with zero attached hydrogens (tertiary/aromatic N) is 1. The van der Waals surface area contributed by atoms with Crippen molar-refractivity contribution < 1.29 is 22.7 Å². The third-order valence-electron chi connectivity index (χ3n) is 4.77. The summed E-state index contributed by atoms with van der Waals surface area (Å²) in [4.78, 5) is 24.7. The molecule has 7 nitrogen and oxygen atoms in total. The molecule has 0 radical (unpaired) electrons. The second kappa shape index (κ2) is 8.14. The molecule has 1 fully saturated rings. The molecule has 0 heterocycles. The first-order valence-corrected chi connectivity index (χ1v) is 10.7. The number of rotatable bonds is 7. The lowest BCUT2D eigenvalue weighted by Crippen LogP contribution is -2.28. The zero-order chi connectivity index (χ0) is 21.2. The number of carbonyl (C=O) groups excluding carboxylic acids is 2. The zero-order valence-electron chi connectivity index (χ0n) is 16.0. The average molecular weight is 437 g/mol. The summed E-state index contributed by atoms with van der Waals surface area (Å²) < 4.78 is 30.7. The first-order valence-electron chi connectivity index (χ1n) is 8.91. The Hall–Kier alpha value is -2.42. The lowest BCUT2D eigenvalue weighted by atomic mass is 9.96. The maximum Gasteiger partial charge on any atom is 0.317 e. The fourth-order valence-electron chi connectivity index (χ4n) is 2.92. The maximum atomic E-state index is 12.5. The monoisotopic (exact) mass is 436 g/mol. The lowest BCUT2D eigenvalue weighted by molar-refractivity contribution is -0.150. The van der Waals surface area contributed by atoms with Crippen LogP contribution in [0.15, 0.2) is 53.4 Å². The van der Waals surface area contributed by atoms with E-state index in [4.69, 9.17) is 16.3 Å². The van der Waals surface area contributed by atoms with Gasteiger partial charge in [-0.3, -0.25) is 9.59 Å². The molecule has 1 N–H and O–H groups in total. The van der Waals surface area contributed by atoms with Crippen LogP contribution in [-0.2, 0) is 29.8 Å². The highest BCUT2D eigenvalue weighted by Gasteiger charge is 2.52. The van der Waals surface area contributed by atoms with E-state index in [1.54, 1.807) is 30.3 Å². The van der Waals surface area contributed by atoms with Gasteiger partial charge in [0, 0.05) is 24.8 Å². The van der Waals surface area contributed by atoms with Gasteiger partial charge in [-0.05, 0) is 48.7 Å². The summed E-state index contributed by atoms with van der Waals surface area (Å²) in [5.74, 6) is -1.01. The number of anilines is 1. The van der Waals surface area contributed by atoms with Gasteiger partial charge in [-0.1, -0.05) is 29.8 Å². The van der Waals surface area contributed by atoms with Crippen LogP contribution in [0.5, 0.6) is 0 Å². The second-order valence-electron chi connectivity index (χ2n) is 7.03. The highest BCUT2D eigenvalue weighted by molar-refractivity contribution is 7.89. The number of esters is 1. The van der Waals surface area contributed by atoms with Gasteiger partial charge in [-0.2, -0.15) is 0 Å². The Labute approximate surface area is 174 Å². The van der Waals surface area contributed by atoms with Crippen molar-refractivity contribution in [3.8, 4) is 0 Å². The second-order valence-corrected chi connectivity index (χ2v) is 9.62. The van der Waals surface area contributed by atoms with Gasteiger partial charge in [0.1, 0.15) is 0 Å². The molecule has 1 amide bonds. The molecule has 0 spiro atoms. The SMILES string of the molecule is CN(C)S(=O)(=O)c1cccc(NC(=O)COC(=O)C2(c3ccc(Cl)cc3)CC2)c1. The molecule has 0 bridgehead atoms. The predicted molar refractivity (Wildman–Crippen MR) is 109 cm³/mol. The Balaban J connectivity index is 1.61. The zero-order valence-corrected chi connectivity index (χ0v) is 17.6. The smallest absolute Gasteiger partial charge is 0.317 e. The van der Waals surface area contributed by atoms with Crippen LogP contribution in [0.25, 0.3) is 0 Å². The molecule has 9 heteroatoms. The van der Waals surface area contributed by atoms with Gasteiger partial charge in [0.2, 0.25) is 10.0 Å². The number of hydrogen-bond acceptors (Lipinski definition) is 5. The van der Waals surface area contributed by atoms with Crippen molar-refractivity contribution in [1.29, 1.82) is 0 Å². The number of benzene rings is 2. The first-order chi connectivity index (χ1) is 13.6. The van der Waals surface area contributed by atoms with Crippen LogP contribution >= 0.6 is 11.6 Å². The van der Waals surface area contributed by atoms with Crippen LogP contribution in [0.1, 0.15) is 18.4 Å². The topological polar surface area (TPSA) is 92.8 Å². The van der Waals surface area contributed by atoms with E-state index in [-0.39, 0.29) is 4.90 Å². The van der Waals surface area contributed by atoms with Crippen molar-refractivity contribution in [2.24, 2.45) is 0 Å². The quantitative estimate of drug-likeness (QED) is 0.673. The number of ether oxygens (including phenoxy) is 1. The predicted octanol–water partition coefficient (Wildman–Crippen LogP) is 2.80. The van der Waals surface area contributed by atoms with Gasteiger partial charge in [0.15, 0.2) is 6.61 Å². The van der Waals surface area contributed by atoms with E-state index in [2.05, 4.69) is 5.32 Å². The Morgan fingerprint density at radius 1 is 1.14 bits per heavy atom. The molecule has 154 valence electrons. The molecule has 1 aliphatic rings. The summed E-state index contributed by atoms with van der Waals surface area (Å²) >= 11 is 5.89. The molecule has 2 aromatic carbocycles. The van der Waals surface area contributed by atoms with Gasteiger partial charge in [0.05, 0.1) is 10.3 Å². The van der Waals surface area contributed by atoms with E-state index in [0.29, 0.717) is 23.6 Å². The van der Waals surface area contributed by atoms with Crippen LogP contribution in [0, 0.1) is 0 Å². The van der Waals surface area contributed by atoms with E-state index in [9.17, 15) is 18.0 Å². The largest absolute Gasteiger partial charge is 0.455 e. The van der Waals surface area contributed by atoms with E-state index < -0.39 is 33.9 Å². The summed E-state index contributed by atoms with van der Waals surface area (Å²) in [6.07, 6.45) is 1.30. The molecule has 1 saturated carbocycles. The van der Waals surface area contributed by atoms with E-state index in [1.807, 2.05) is 0 Å². The summed E-state index contributed by atoms with van der Waals surface area (Å²) in [6.45, 7) is -0.459. The van der Waals surface area contributed by atoms with Gasteiger partial charge in [-0.15, -0.1) is 0 Å². The number of hydrogen-bond donors (Lipinski definition) is 1. The molecule has 2 aromatic rings. The number of amides is 1. The van der Waals surface area contributed by atoms with Crippen molar-refractivity contribution in [3.63, 3.8) is 0 Å². The average Bonchev–Trinajstić information content (AvgIpc) is 3.49. The van der Waals surface area contributed by atoms with E-state index in [1.165, 1.54) is 32.3 Å². The Kier molecular flexibility index (Phi) is 5.97. The third-order valence-corrected chi connectivity index (χ3v) is 6.83. The number of carbonyl (C=O) groups is 2. The maximum absolute atomic E-state index is 12.5. The normalized spacial score (nSPS) is 15.0. The number of nitrogens with one attached hydrogen (secondary N) is 1. The van der Waals surface area contributed by atoms with Gasteiger partial charge < -0.3 is 10.1 Å². The van der Waals surface area contributed by atoms with Crippen LogP contribution in [0.2, 0.25) is 5.02 Å². The number of halogens is 1. The van der Waals surface area contributed by atoms with Gasteiger partial charge in [0.25, 0.3) is 5.91 Å². The van der Waals surface area contributed by atoms with Crippen LogP contribution < -0.4 is 5.32 Å². The highest BCUT2D eigenvalue weighted by atomic mass is 35.5. The van der Waals surface area contributed by atoms with Crippen LogP contribution in [-0.4, -0.2) is 45.3 Å². The molecule has 0 unspecified atom stereocenters. The minimum atomic E-state index is -3.62. The van der Waals surface area contributed by atoms with Gasteiger partial charge >= 0.3 is 5.97 Å². The van der Waals surface area contributed by atoms with E-state index >= 15 is 0 Å². The van der Waals surface area contributed by atoms with Gasteiger partial charge in [-0.25, -0.2) is 12.7 Å². The standard InChI is InChI=1S/C20H21ClN2O5S/c1-23(2)29(26,27)17-5-3-4-16(12-17)22-18(24)13-28-19(25)20(10-11-20)14-6-8-15(21)9-7-14/h3-9,12H,10-11,13H2,1-2H3,(H,22,24). The molecule has 0 aliphatic heterocycles. The van der Waals surface area contributed by atoms with Crippen LogP contribution in [0.4, 0.5) is 5.69 Å². The summed E-state index contributed by atoms with van der Waals surface area (Å²) in [7, 11) is -0.768. The molecule has 1 aliphatic carbocycles. The Morgan fingerprint density at radius 2 is 1.79 bits per heavy atom. The summed E-state index contributed by atoms with van der Waals surface area (Å²) in [5.41, 5.74) is 0.395. The third kappa shape index (κ3) is 4.60. The fraction of sp³-hybridized carbons (Fsp3) is 0.300. The Bertz CT molecular complexity index is 1030. The molecular formula is C20H21ClN2O5S. The number of sulfonamides is 1. The molecule has 3 rings (SSSR count). The molecular weight excluding hydrogens is 416 g/mol. The molecule has 0 atom stereocenters.